The molecule has 0 bridgehead atoms. The summed E-state index contributed by atoms with van der Waals surface area (Å²) in [4.78, 5) is 26.2. The van der Waals surface area contributed by atoms with Crippen LogP contribution >= 0.6 is 0 Å². The smallest absolute Gasteiger partial charge is 0.404 e. The largest absolute Gasteiger partial charge is 0.494 e. The monoisotopic (exact) mass is 676 g/mol. The third kappa shape index (κ3) is 9.80. The van der Waals surface area contributed by atoms with Crippen molar-refractivity contribution in [2.75, 3.05) is 0 Å². The maximum Gasteiger partial charge on any atom is 0.494 e. The molecule has 1 saturated heterocycles. The first-order valence-electron chi connectivity index (χ1n) is 17.7. The number of carbonyl (C=O) groups is 2. The summed E-state index contributed by atoms with van der Waals surface area (Å²) < 4.78 is 28.6. The Kier molecular flexibility index (Phi) is 15.0. The molecule has 0 saturated carbocycles. The second-order valence-corrected chi connectivity index (χ2v) is 12.6. The number of aromatic nitrogens is 1. The van der Waals surface area contributed by atoms with Crippen LogP contribution in [0.15, 0.2) is 115 Å². The van der Waals surface area contributed by atoms with E-state index in [0.29, 0.717) is 44.1 Å². The summed E-state index contributed by atoms with van der Waals surface area (Å²) in [6.45, 7) is 10.7. The Hall–Kier alpha value is -4.53. The van der Waals surface area contributed by atoms with Crippen molar-refractivity contribution in [3.05, 3.63) is 138 Å². The van der Waals surface area contributed by atoms with Gasteiger partial charge in [-0.15, -0.1) is 0 Å². The van der Waals surface area contributed by atoms with Crippen molar-refractivity contribution in [3.8, 4) is 0 Å². The number of aldehydes is 1. The van der Waals surface area contributed by atoms with Crippen LogP contribution in [0.3, 0.4) is 0 Å². The van der Waals surface area contributed by atoms with Gasteiger partial charge in [0, 0.05) is 36.0 Å². The van der Waals surface area contributed by atoms with Gasteiger partial charge in [-0.2, -0.15) is 0 Å². The van der Waals surface area contributed by atoms with Crippen LogP contribution in [0.25, 0.3) is 11.1 Å². The highest BCUT2D eigenvalue weighted by molar-refractivity contribution is 6.61. The Bertz CT molecular complexity index is 1710. The molecule has 1 fully saturated rings. The molecule has 50 heavy (non-hydrogen) atoms. The predicted molar refractivity (Wildman–Crippen MR) is 205 cm³/mol. The van der Waals surface area contributed by atoms with E-state index in [1.807, 2.05) is 98.9 Å². The second-order valence-electron chi connectivity index (χ2n) is 12.6. The SMILES string of the molecule is C/C=C\C=C(/CC)c1c(C(=O)NC2=CCC=CC=C2)c(C(C)C)n(CCC2CC(CC=O)OB(c3ccccc3)O2)c1C(/C=C\C)=C/C=C/F. The van der Waals surface area contributed by atoms with E-state index in [2.05, 4.69) is 36.7 Å². The van der Waals surface area contributed by atoms with E-state index in [-0.39, 0.29) is 30.5 Å². The second kappa shape index (κ2) is 19.6. The number of nitrogens with zero attached hydrogens (tertiary/aromatic N) is 1. The summed E-state index contributed by atoms with van der Waals surface area (Å²) in [7, 11) is -0.593. The molecule has 6 nitrogen and oxygen atoms in total. The van der Waals surface area contributed by atoms with Crippen LogP contribution in [-0.4, -0.2) is 36.1 Å². The van der Waals surface area contributed by atoms with Gasteiger partial charge in [0.15, 0.2) is 0 Å². The normalized spacial score (nSPS) is 18.9. The van der Waals surface area contributed by atoms with Gasteiger partial charge < -0.3 is 24.0 Å². The zero-order chi connectivity index (χ0) is 35.9. The molecule has 4 rings (SSSR count). The van der Waals surface area contributed by atoms with Crippen LogP contribution in [0.2, 0.25) is 0 Å². The van der Waals surface area contributed by atoms with Crippen molar-refractivity contribution in [3.63, 3.8) is 0 Å². The molecule has 1 amide bonds. The highest BCUT2D eigenvalue weighted by atomic mass is 19.1. The first kappa shape index (κ1) is 38.3. The molecule has 1 aromatic carbocycles. The first-order chi connectivity index (χ1) is 24.4. The van der Waals surface area contributed by atoms with E-state index in [1.165, 1.54) is 6.08 Å². The van der Waals surface area contributed by atoms with Gasteiger partial charge in [0.05, 0.1) is 23.7 Å². The maximum atomic E-state index is 14.6. The highest BCUT2D eigenvalue weighted by Gasteiger charge is 2.36. The predicted octanol–water partition coefficient (Wildman–Crippen LogP) is 9.10. The molecule has 1 aliphatic carbocycles. The number of nitrogens with one attached hydrogen (secondary N) is 1. The fraction of sp³-hybridized carbons (Fsp3) is 0.333. The Morgan fingerprint density at radius 1 is 1.06 bits per heavy atom. The number of rotatable bonds is 15. The van der Waals surface area contributed by atoms with Crippen molar-refractivity contribution >= 4 is 35.9 Å². The molecule has 1 aliphatic heterocycles. The number of hydrogen-bond acceptors (Lipinski definition) is 4. The van der Waals surface area contributed by atoms with Gasteiger partial charge in [-0.1, -0.05) is 112 Å². The Balaban J connectivity index is 1.92. The lowest BCUT2D eigenvalue weighted by Crippen LogP contribution is -2.48. The number of halogens is 1. The maximum absolute atomic E-state index is 14.6. The van der Waals surface area contributed by atoms with Crippen molar-refractivity contribution < 1.29 is 23.3 Å². The zero-order valence-corrected chi connectivity index (χ0v) is 30.0. The van der Waals surface area contributed by atoms with Gasteiger partial charge in [0.1, 0.15) is 6.29 Å². The van der Waals surface area contributed by atoms with Gasteiger partial charge in [0.2, 0.25) is 0 Å². The number of carbonyl (C=O) groups excluding carboxylic acids is 2. The lowest BCUT2D eigenvalue weighted by atomic mass is 9.76. The molecule has 1 N–H and O–H groups in total. The average Bonchev–Trinajstić information content (AvgIpc) is 3.24. The molecule has 2 aliphatic rings. The van der Waals surface area contributed by atoms with Crippen LogP contribution < -0.4 is 10.8 Å². The third-order valence-electron chi connectivity index (χ3n) is 8.76. The molecule has 2 aromatic rings. The summed E-state index contributed by atoms with van der Waals surface area (Å²) >= 11 is 0. The average molecular weight is 677 g/mol. The molecule has 1 aromatic heterocycles. The standard InChI is InChI=1S/C42H50BFN2O4/c1-6-9-19-32(8-3)38-39(42(48)45-35-23-15-10-11-16-24-35)40(31(4)5)46(41(38)33(18-7-2)20-17-27-44)28-25-36-30-37(26-29-47)50-43(49-36)34-21-13-12-14-22-34/h6-7,9-15,17-24,27,29,31,36-37H,8,16,25-26,28,30H2,1-5H3,(H,45,48)/b9-6-,18-7-,27-17+,32-19+,33-20+. The fourth-order valence-electron chi connectivity index (χ4n) is 6.57. The molecular weight excluding hydrogens is 626 g/mol. The quantitative estimate of drug-likeness (QED) is 0.116. The fourth-order valence-corrected chi connectivity index (χ4v) is 6.57. The van der Waals surface area contributed by atoms with Crippen LogP contribution in [0.5, 0.6) is 0 Å². The van der Waals surface area contributed by atoms with Crippen LogP contribution in [-0.2, 0) is 20.6 Å². The summed E-state index contributed by atoms with van der Waals surface area (Å²) in [5, 5.41) is 3.20. The van der Waals surface area contributed by atoms with Gasteiger partial charge in [-0.05, 0) is 74.2 Å². The van der Waals surface area contributed by atoms with E-state index < -0.39 is 7.12 Å². The third-order valence-corrected chi connectivity index (χ3v) is 8.76. The molecular formula is C42H50BFN2O4. The van der Waals surface area contributed by atoms with Crippen molar-refractivity contribution in [2.24, 2.45) is 0 Å². The minimum atomic E-state index is -0.593. The van der Waals surface area contributed by atoms with Gasteiger partial charge in [-0.3, -0.25) is 4.79 Å². The lowest BCUT2D eigenvalue weighted by Gasteiger charge is -2.34. The molecule has 8 heteroatoms. The van der Waals surface area contributed by atoms with Crippen molar-refractivity contribution in [1.82, 2.24) is 9.88 Å². The van der Waals surface area contributed by atoms with Crippen LogP contribution in [0, 0.1) is 0 Å². The Morgan fingerprint density at radius 2 is 1.84 bits per heavy atom. The summed E-state index contributed by atoms with van der Waals surface area (Å²) in [5.41, 5.74) is 6.57. The lowest BCUT2D eigenvalue weighted by molar-refractivity contribution is -0.110. The summed E-state index contributed by atoms with van der Waals surface area (Å²) in [5.74, 6) is -0.234. The van der Waals surface area contributed by atoms with Crippen LogP contribution in [0.4, 0.5) is 4.39 Å². The van der Waals surface area contributed by atoms with Crippen LogP contribution in [0.1, 0.15) is 99.9 Å². The van der Waals surface area contributed by atoms with Gasteiger partial charge in [-0.25, -0.2) is 4.39 Å². The summed E-state index contributed by atoms with van der Waals surface area (Å²) in [6.07, 6.45) is 26.7. The van der Waals surface area contributed by atoms with Gasteiger partial charge >= 0.3 is 7.12 Å². The van der Waals surface area contributed by atoms with E-state index in [4.69, 9.17) is 9.31 Å². The number of hydrogen-bond donors (Lipinski definition) is 1. The number of benzene rings is 1. The highest BCUT2D eigenvalue weighted by Crippen LogP contribution is 2.40. The zero-order valence-electron chi connectivity index (χ0n) is 30.0. The van der Waals surface area contributed by atoms with Crippen molar-refractivity contribution in [2.45, 2.75) is 91.4 Å². The van der Waals surface area contributed by atoms with E-state index >= 15 is 0 Å². The number of amides is 1. The van der Waals surface area contributed by atoms with E-state index in [1.54, 1.807) is 6.08 Å². The molecule has 2 atom stereocenters. The topological polar surface area (TPSA) is 69.6 Å². The van der Waals surface area contributed by atoms with E-state index in [9.17, 15) is 14.0 Å². The minimum absolute atomic E-state index is 0.0394. The first-order valence-corrected chi connectivity index (χ1v) is 17.7. The van der Waals surface area contributed by atoms with Gasteiger partial charge in [0.25, 0.3) is 5.91 Å². The molecule has 2 heterocycles. The Morgan fingerprint density at radius 3 is 2.52 bits per heavy atom. The number of allylic oxidation sites excluding steroid dienone is 14. The van der Waals surface area contributed by atoms with Crippen molar-refractivity contribution in [1.29, 1.82) is 0 Å². The minimum Gasteiger partial charge on any atom is -0.404 e. The molecule has 2 unspecified atom stereocenters. The summed E-state index contributed by atoms with van der Waals surface area (Å²) in [6, 6.07) is 9.77. The van der Waals surface area contributed by atoms with E-state index in [0.717, 1.165) is 45.5 Å². The Labute approximate surface area is 297 Å². The molecule has 0 radical (unpaired) electrons. The molecule has 0 spiro atoms. The molecule has 262 valence electrons.